The van der Waals surface area contributed by atoms with E-state index in [0.29, 0.717) is 47.3 Å². The molecule has 4 aromatic rings. The number of para-hydroxylation sites is 4. The van der Waals surface area contributed by atoms with Crippen LogP contribution in [0.15, 0.2) is 97.6 Å². The first-order chi connectivity index (χ1) is 30.3. The Labute approximate surface area is 422 Å². The fourth-order valence-corrected chi connectivity index (χ4v) is 8.48. The second-order valence-electron chi connectivity index (χ2n) is 18.9. The first-order valence-corrected chi connectivity index (χ1v) is 30.6. The molecule has 0 bridgehead atoms. The molecule has 0 N–H and O–H groups in total. The Morgan fingerprint density at radius 3 is 0.531 bits per heavy atom. The van der Waals surface area contributed by atoms with Gasteiger partial charge >= 0.3 is 70.0 Å². The summed E-state index contributed by atoms with van der Waals surface area (Å²) in [5, 5.41) is 0. The summed E-state index contributed by atoms with van der Waals surface area (Å²) in [5.74, 6) is 3.84. The van der Waals surface area contributed by atoms with Crippen LogP contribution in [0.2, 0.25) is 0 Å². The fourth-order valence-electron chi connectivity index (χ4n) is 8.48. The summed E-state index contributed by atoms with van der Waals surface area (Å²) in [6.07, 6.45) is 8.87. The molecule has 0 fully saturated rings. The van der Waals surface area contributed by atoms with Gasteiger partial charge < -0.3 is 19.6 Å². The Morgan fingerprint density at radius 2 is 0.422 bits per heavy atom. The second-order valence-corrected chi connectivity index (χ2v) is 23.6. The molecule has 0 spiro atoms. The predicted octanol–water partition coefficient (Wildman–Crippen LogP) is 18.9. The monoisotopic (exact) mass is 1130 g/mol. The van der Waals surface area contributed by atoms with E-state index < -0.39 is 0 Å². The van der Waals surface area contributed by atoms with Crippen LogP contribution in [-0.2, 0) is 31.9 Å². The van der Waals surface area contributed by atoms with Crippen molar-refractivity contribution in [2.75, 3.05) is 19.6 Å². The van der Waals surface area contributed by atoms with E-state index in [0.717, 1.165) is 0 Å². The van der Waals surface area contributed by atoms with Crippen LogP contribution in [0.4, 0.5) is 22.7 Å². The summed E-state index contributed by atoms with van der Waals surface area (Å²) in [6.45, 7) is 41.1. The SMILES string of the molecule is CC(C)c1cccc(C(C)C)c1N1C=CN(c2c(C(C)C)cccc2C(C)C)[CH-]1.CC(C)c1cccc(C(C)C)c1N1C=CN(c2c(C(C)C)cccc2C(C)C)[CH-]1.[Cl][Pd][Cl].[Cl][Pd][Cl]. The standard InChI is InChI=1S/2C27H37N2.4ClH.2Pd/c2*1-18(2)22-11-9-12-23(19(3)4)26(22)28-15-16-29(17-28)27-24(20(5)6)13-10-14-25(27)21(7)8;;;;;;/h2*9-21H,1-8H3;4*1H;;/q2*-1;;;;;2*+2/p-4. The summed E-state index contributed by atoms with van der Waals surface area (Å²) >= 11 is -0.211. The summed E-state index contributed by atoms with van der Waals surface area (Å²) in [5.41, 5.74) is 16.6. The molecular weight excluding hydrogens is 1060 g/mol. The molecule has 64 heavy (non-hydrogen) atoms. The van der Waals surface area contributed by atoms with Gasteiger partial charge in [-0.25, -0.2) is 0 Å². The number of benzene rings is 4. The topological polar surface area (TPSA) is 13.0 Å². The maximum atomic E-state index is 4.81. The van der Waals surface area contributed by atoms with Gasteiger partial charge in [-0.05, 0) is 117 Å². The van der Waals surface area contributed by atoms with Crippen LogP contribution < -0.4 is 19.6 Å². The van der Waals surface area contributed by atoms with Gasteiger partial charge in [-0.3, -0.25) is 0 Å². The molecule has 4 aromatic carbocycles. The summed E-state index contributed by atoms with van der Waals surface area (Å²) in [7, 11) is 19.3. The van der Waals surface area contributed by atoms with Crippen molar-refractivity contribution in [2.45, 2.75) is 158 Å². The Balaban J connectivity index is 0.000000303. The molecule has 360 valence electrons. The average Bonchev–Trinajstić information content (AvgIpc) is 3.94. The zero-order valence-corrected chi connectivity index (χ0v) is 47.1. The molecule has 2 aliphatic rings. The van der Waals surface area contributed by atoms with Crippen molar-refractivity contribution in [2.24, 2.45) is 0 Å². The molecule has 4 nitrogen and oxygen atoms in total. The van der Waals surface area contributed by atoms with Crippen molar-refractivity contribution in [3.63, 3.8) is 0 Å². The predicted molar refractivity (Wildman–Crippen MR) is 279 cm³/mol. The summed E-state index contributed by atoms with van der Waals surface area (Å²) in [4.78, 5) is 9.30. The van der Waals surface area contributed by atoms with E-state index in [2.05, 4.69) is 241 Å². The van der Waals surface area contributed by atoms with Gasteiger partial charge in [0.2, 0.25) is 0 Å². The van der Waals surface area contributed by atoms with E-state index in [1.54, 1.807) is 0 Å². The molecule has 0 atom stereocenters. The average molecular weight is 1130 g/mol. The van der Waals surface area contributed by atoms with Gasteiger partial charge in [-0.2, -0.15) is 0 Å². The number of rotatable bonds is 12. The van der Waals surface area contributed by atoms with Gasteiger partial charge in [-0.1, -0.05) is 184 Å². The molecule has 0 radical (unpaired) electrons. The Kier molecular flexibility index (Phi) is 23.9. The van der Waals surface area contributed by atoms with Gasteiger partial charge in [-0.15, -0.1) is 13.3 Å². The number of hydrogen-bond acceptors (Lipinski definition) is 4. The molecule has 6 rings (SSSR count). The first kappa shape index (κ1) is 56.4. The fraction of sp³-hybridized carbons (Fsp3) is 0.444. The van der Waals surface area contributed by atoms with Crippen molar-refractivity contribution in [1.82, 2.24) is 0 Å². The summed E-state index contributed by atoms with van der Waals surface area (Å²) in [6, 6.07) is 27.0. The molecule has 10 heteroatoms. The van der Waals surface area contributed by atoms with Crippen molar-refractivity contribution < 1.29 is 31.9 Å². The van der Waals surface area contributed by atoms with Gasteiger partial charge in [0.1, 0.15) is 0 Å². The quantitative estimate of drug-likeness (QED) is 0.104. The van der Waals surface area contributed by atoms with Crippen LogP contribution in [0, 0.1) is 13.3 Å². The number of hydrogen-bond donors (Lipinski definition) is 0. The molecule has 0 aliphatic carbocycles. The Bertz CT molecular complexity index is 1710. The van der Waals surface area contributed by atoms with E-state index in [-0.39, 0.29) is 31.9 Å². The van der Waals surface area contributed by atoms with Gasteiger partial charge in [0, 0.05) is 22.7 Å². The van der Waals surface area contributed by atoms with Gasteiger partial charge in [0.05, 0.1) is 0 Å². The normalized spacial score (nSPS) is 13.7. The van der Waals surface area contributed by atoms with Crippen LogP contribution in [0.5, 0.6) is 0 Å². The zero-order valence-electron chi connectivity index (χ0n) is 40.9. The second kappa shape index (κ2) is 27.1. The Hall–Kier alpha value is -1.96. The van der Waals surface area contributed by atoms with Gasteiger partial charge in [0.25, 0.3) is 0 Å². The first-order valence-electron chi connectivity index (χ1n) is 22.6. The van der Waals surface area contributed by atoms with Crippen LogP contribution >= 0.6 is 38.1 Å². The molecule has 0 unspecified atom stereocenters. The van der Waals surface area contributed by atoms with Crippen LogP contribution in [0.1, 0.15) is 203 Å². The molecule has 0 aromatic heterocycles. The number of halogens is 4. The van der Waals surface area contributed by atoms with E-state index in [1.807, 2.05) is 0 Å². The third-order valence-electron chi connectivity index (χ3n) is 11.7. The van der Waals surface area contributed by atoms with Crippen molar-refractivity contribution in [1.29, 1.82) is 0 Å². The minimum absolute atomic E-state index is 0.106. The Morgan fingerprint density at radius 1 is 0.297 bits per heavy atom. The zero-order chi connectivity index (χ0) is 48.0. The van der Waals surface area contributed by atoms with Crippen LogP contribution in [0.3, 0.4) is 0 Å². The molecule has 0 saturated carbocycles. The van der Waals surface area contributed by atoms with Crippen molar-refractivity contribution in [3.05, 3.63) is 155 Å². The van der Waals surface area contributed by atoms with E-state index in [1.165, 1.54) is 67.3 Å². The molecule has 2 aliphatic heterocycles. The molecule has 2 heterocycles. The minimum atomic E-state index is -0.106. The van der Waals surface area contributed by atoms with E-state index in [4.69, 9.17) is 38.1 Å². The van der Waals surface area contributed by atoms with E-state index >= 15 is 0 Å². The van der Waals surface area contributed by atoms with Crippen LogP contribution in [0.25, 0.3) is 0 Å². The molecular formula is C54H74Cl4N4Pd2-2. The number of nitrogens with zero attached hydrogens (tertiary/aromatic N) is 4. The van der Waals surface area contributed by atoms with Crippen LogP contribution in [-0.4, -0.2) is 0 Å². The third kappa shape index (κ3) is 14.5. The van der Waals surface area contributed by atoms with Gasteiger partial charge in [0.15, 0.2) is 0 Å². The maximum absolute atomic E-state index is 4.81. The summed E-state index contributed by atoms with van der Waals surface area (Å²) < 4.78 is 0. The number of anilines is 4. The van der Waals surface area contributed by atoms with Crippen molar-refractivity contribution in [3.8, 4) is 0 Å². The van der Waals surface area contributed by atoms with Crippen molar-refractivity contribution >= 4 is 60.9 Å². The molecule has 0 amide bonds. The third-order valence-corrected chi connectivity index (χ3v) is 11.7. The molecule has 0 saturated heterocycles. The van der Waals surface area contributed by atoms with E-state index in [9.17, 15) is 0 Å².